The summed E-state index contributed by atoms with van der Waals surface area (Å²) >= 11 is 0. The summed E-state index contributed by atoms with van der Waals surface area (Å²) in [6.07, 6.45) is 11.5. The smallest absolute Gasteiger partial charge is 0.305 e. The topological polar surface area (TPSA) is 146 Å². The third-order valence-electron chi connectivity index (χ3n) is 5.27. The second-order valence-corrected chi connectivity index (χ2v) is 8.26. The molecule has 1 aliphatic heterocycles. The number of hydrogen-bond donors (Lipinski definition) is 5. The van der Waals surface area contributed by atoms with Gasteiger partial charge < -0.3 is 39.7 Å². The molecule has 1 saturated heterocycles. The molecule has 0 bridgehead atoms. The van der Waals surface area contributed by atoms with Crippen molar-refractivity contribution < 1.29 is 44.5 Å². The van der Waals surface area contributed by atoms with Crippen molar-refractivity contribution in [3.63, 3.8) is 0 Å². The van der Waals surface area contributed by atoms with Gasteiger partial charge in [0, 0.05) is 6.42 Å². The zero-order valence-corrected chi connectivity index (χ0v) is 20.1. The van der Waals surface area contributed by atoms with Gasteiger partial charge in [0.25, 0.3) is 0 Å². The summed E-state index contributed by atoms with van der Waals surface area (Å²) in [7, 11) is 0. The maximum absolute atomic E-state index is 11.8. The summed E-state index contributed by atoms with van der Waals surface area (Å²) < 4.78 is 15.4. The van der Waals surface area contributed by atoms with Crippen LogP contribution in [-0.4, -0.2) is 88.1 Å². The van der Waals surface area contributed by atoms with E-state index in [-0.39, 0.29) is 19.6 Å². The lowest BCUT2D eigenvalue weighted by Crippen LogP contribution is -2.59. The summed E-state index contributed by atoms with van der Waals surface area (Å²) in [5.41, 5.74) is 0. The molecule has 9 heteroatoms. The average molecular weight is 487 g/mol. The van der Waals surface area contributed by atoms with Crippen LogP contribution in [0.1, 0.15) is 58.3 Å². The normalized spacial score (nSPS) is 26.6. The summed E-state index contributed by atoms with van der Waals surface area (Å²) in [5.74, 6) is -0.412. The van der Waals surface area contributed by atoms with Gasteiger partial charge >= 0.3 is 5.97 Å². The molecule has 6 atom stereocenters. The lowest BCUT2D eigenvalue weighted by Gasteiger charge is -2.39. The molecule has 1 heterocycles. The first kappa shape index (κ1) is 30.4. The summed E-state index contributed by atoms with van der Waals surface area (Å²) in [6.45, 7) is 0.940. The Labute approximate surface area is 202 Å². The Kier molecular flexibility index (Phi) is 16.7. The molecule has 0 aromatic heterocycles. The fourth-order valence-electron chi connectivity index (χ4n) is 3.26. The van der Waals surface area contributed by atoms with Crippen LogP contribution in [0.3, 0.4) is 0 Å². The monoisotopic (exact) mass is 486 g/mol. The van der Waals surface area contributed by atoms with Crippen LogP contribution in [-0.2, 0) is 19.0 Å². The van der Waals surface area contributed by atoms with Gasteiger partial charge in [-0.2, -0.15) is 0 Å². The van der Waals surface area contributed by atoms with Gasteiger partial charge in [0.2, 0.25) is 0 Å². The fraction of sp³-hybridized carbons (Fsp3) is 0.720. The van der Waals surface area contributed by atoms with Crippen LogP contribution >= 0.6 is 0 Å². The van der Waals surface area contributed by atoms with E-state index >= 15 is 0 Å². The highest BCUT2D eigenvalue weighted by atomic mass is 16.7. The summed E-state index contributed by atoms with van der Waals surface area (Å²) in [5, 5.41) is 48.4. The highest BCUT2D eigenvalue weighted by Crippen LogP contribution is 2.22. The van der Waals surface area contributed by atoms with Crippen LogP contribution in [0.2, 0.25) is 0 Å². The molecule has 9 nitrogen and oxygen atoms in total. The van der Waals surface area contributed by atoms with Crippen molar-refractivity contribution in [2.75, 3.05) is 19.8 Å². The number of rotatable bonds is 17. The van der Waals surface area contributed by atoms with E-state index < -0.39 is 49.4 Å². The van der Waals surface area contributed by atoms with E-state index in [4.69, 9.17) is 19.3 Å². The van der Waals surface area contributed by atoms with Crippen molar-refractivity contribution in [3.8, 4) is 0 Å². The Morgan fingerprint density at radius 3 is 2.26 bits per heavy atom. The molecular weight excluding hydrogens is 444 g/mol. The number of allylic oxidation sites excluding steroid dienone is 6. The molecule has 0 aromatic carbocycles. The van der Waals surface area contributed by atoms with E-state index in [2.05, 4.69) is 43.4 Å². The van der Waals surface area contributed by atoms with Crippen LogP contribution in [0.4, 0.5) is 0 Å². The van der Waals surface area contributed by atoms with Gasteiger partial charge in [0.05, 0.1) is 13.2 Å². The van der Waals surface area contributed by atoms with Crippen molar-refractivity contribution >= 4 is 5.97 Å². The van der Waals surface area contributed by atoms with E-state index in [0.717, 1.165) is 38.5 Å². The molecule has 0 aliphatic carbocycles. The first-order valence-corrected chi connectivity index (χ1v) is 12.1. The standard InChI is InChI=1S/C25H42O9/c1-2-3-4-5-6-7-8-9-10-11-12-13-14-15-21(28)32-17-19(27)18-33-25-24(31)23(30)22(29)20(16-26)34-25/h3-4,6-7,9-10,19-20,22-27,29-31H,2,5,8,11-18H2,1H3. The Morgan fingerprint density at radius 2 is 1.59 bits per heavy atom. The van der Waals surface area contributed by atoms with E-state index in [1.54, 1.807) is 0 Å². The fourth-order valence-corrected chi connectivity index (χ4v) is 3.26. The maximum atomic E-state index is 11.8. The SMILES string of the molecule is CCC=CCC=CCC=CCCCCCC(=O)OCC(O)COC1OC(CO)C(O)C(O)C1O. The van der Waals surface area contributed by atoms with Crippen molar-refractivity contribution in [1.82, 2.24) is 0 Å². The minimum absolute atomic E-state index is 0.262. The molecule has 0 radical (unpaired) electrons. The number of aliphatic hydroxyl groups excluding tert-OH is 5. The van der Waals surface area contributed by atoms with Gasteiger partial charge in [-0.15, -0.1) is 0 Å². The first-order chi connectivity index (χ1) is 16.4. The molecule has 1 aliphatic rings. The molecular formula is C25H42O9. The second-order valence-electron chi connectivity index (χ2n) is 8.26. The van der Waals surface area contributed by atoms with Crippen LogP contribution in [0, 0.1) is 0 Å². The third kappa shape index (κ3) is 12.8. The molecule has 0 amide bonds. The third-order valence-corrected chi connectivity index (χ3v) is 5.27. The Morgan fingerprint density at radius 1 is 0.912 bits per heavy atom. The highest BCUT2D eigenvalue weighted by molar-refractivity contribution is 5.69. The highest BCUT2D eigenvalue weighted by Gasteiger charge is 2.44. The Bertz CT molecular complexity index is 618. The van der Waals surface area contributed by atoms with Crippen molar-refractivity contribution in [3.05, 3.63) is 36.5 Å². The minimum atomic E-state index is -1.56. The van der Waals surface area contributed by atoms with E-state index in [1.807, 2.05) is 0 Å². The zero-order chi connectivity index (χ0) is 25.2. The number of ether oxygens (including phenoxy) is 3. The maximum Gasteiger partial charge on any atom is 0.305 e. The van der Waals surface area contributed by atoms with Crippen LogP contribution < -0.4 is 0 Å². The Hall–Kier alpha value is -1.59. The molecule has 196 valence electrons. The largest absolute Gasteiger partial charge is 0.463 e. The van der Waals surface area contributed by atoms with Gasteiger partial charge in [-0.05, 0) is 38.5 Å². The van der Waals surface area contributed by atoms with Gasteiger partial charge in [0.1, 0.15) is 37.1 Å². The first-order valence-electron chi connectivity index (χ1n) is 12.1. The molecule has 1 rings (SSSR count). The summed E-state index contributed by atoms with van der Waals surface area (Å²) in [6, 6.07) is 0. The number of carbonyl (C=O) groups is 1. The molecule has 6 unspecified atom stereocenters. The van der Waals surface area contributed by atoms with E-state index in [0.29, 0.717) is 6.42 Å². The predicted molar refractivity (Wildman–Crippen MR) is 127 cm³/mol. The second kappa shape index (κ2) is 18.7. The minimum Gasteiger partial charge on any atom is -0.463 e. The zero-order valence-electron chi connectivity index (χ0n) is 20.1. The van der Waals surface area contributed by atoms with Gasteiger partial charge in [-0.1, -0.05) is 49.8 Å². The number of unbranched alkanes of at least 4 members (excludes halogenated alkanes) is 3. The molecule has 0 saturated carbocycles. The lowest BCUT2D eigenvalue weighted by molar-refractivity contribution is -0.305. The summed E-state index contributed by atoms with van der Waals surface area (Å²) in [4.78, 5) is 11.8. The lowest BCUT2D eigenvalue weighted by atomic mass is 9.99. The van der Waals surface area contributed by atoms with Crippen LogP contribution in [0.25, 0.3) is 0 Å². The van der Waals surface area contributed by atoms with Gasteiger partial charge in [0.15, 0.2) is 6.29 Å². The van der Waals surface area contributed by atoms with Crippen LogP contribution in [0.15, 0.2) is 36.5 Å². The van der Waals surface area contributed by atoms with Gasteiger partial charge in [-0.3, -0.25) is 4.79 Å². The Balaban J connectivity index is 2.07. The molecule has 0 spiro atoms. The number of esters is 1. The van der Waals surface area contributed by atoms with Crippen molar-refractivity contribution in [1.29, 1.82) is 0 Å². The molecule has 34 heavy (non-hydrogen) atoms. The van der Waals surface area contributed by atoms with E-state index in [9.17, 15) is 25.2 Å². The number of aliphatic hydroxyl groups is 5. The van der Waals surface area contributed by atoms with Crippen LogP contribution in [0.5, 0.6) is 0 Å². The molecule has 5 N–H and O–H groups in total. The van der Waals surface area contributed by atoms with Gasteiger partial charge in [-0.25, -0.2) is 0 Å². The number of hydrogen-bond acceptors (Lipinski definition) is 9. The predicted octanol–water partition coefficient (Wildman–Crippen LogP) is 1.52. The quantitative estimate of drug-likeness (QED) is 0.117. The number of carbonyl (C=O) groups excluding carboxylic acids is 1. The van der Waals surface area contributed by atoms with Crippen molar-refractivity contribution in [2.24, 2.45) is 0 Å². The van der Waals surface area contributed by atoms with Crippen molar-refractivity contribution in [2.45, 2.75) is 95.1 Å². The molecule has 0 aromatic rings. The van der Waals surface area contributed by atoms with E-state index in [1.165, 1.54) is 0 Å². The molecule has 1 fully saturated rings. The average Bonchev–Trinajstić information content (AvgIpc) is 2.83.